The Morgan fingerprint density at radius 3 is 2.10 bits per heavy atom. The van der Waals surface area contributed by atoms with Crippen LogP contribution in [0.5, 0.6) is 0 Å². The zero-order valence-electron chi connectivity index (χ0n) is 12.0. The number of hydrogen-bond acceptors (Lipinski definition) is 6. The molecule has 2 rings (SSSR count). The van der Waals surface area contributed by atoms with Crippen LogP contribution in [-0.2, 0) is 14.8 Å². The molecule has 1 aromatic rings. The smallest absolute Gasteiger partial charge is 0.339 e. The van der Waals surface area contributed by atoms with Crippen molar-refractivity contribution in [2.75, 3.05) is 12.5 Å². The summed E-state index contributed by atoms with van der Waals surface area (Å²) >= 11 is 0. The molecule has 1 saturated carbocycles. The third-order valence-corrected chi connectivity index (χ3v) is 4.12. The first-order valence-corrected chi connectivity index (χ1v) is 8.17. The number of rotatable bonds is 3. The number of esters is 1. The Morgan fingerprint density at radius 1 is 1.19 bits per heavy atom. The molecule has 8 heteroatoms. The number of sulfonamides is 1. The van der Waals surface area contributed by atoms with Gasteiger partial charge in [0.2, 0.25) is 10.0 Å². The minimum atomic E-state index is -4.07. The van der Waals surface area contributed by atoms with E-state index in [-0.39, 0.29) is 16.1 Å². The summed E-state index contributed by atoms with van der Waals surface area (Å²) in [6.45, 7) is 0. The minimum absolute atomic E-state index is 0.0328. The van der Waals surface area contributed by atoms with Crippen LogP contribution in [0.2, 0.25) is 0 Å². The zero-order valence-corrected chi connectivity index (χ0v) is 12.8. The van der Waals surface area contributed by atoms with Crippen molar-refractivity contribution in [1.29, 1.82) is 0 Å². The molecule has 118 valence electrons. The number of hydrogen-bond donors (Lipinski definition) is 3. The molecule has 1 aliphatic rings. The third kappa shape index (κ3) is 5.00. The lowest BCUT2D eigenvalue weighted by Gasteiger charge is -2.10. The number of carbonyl (C=O) groups is 1. The maximum absolute atomic E-state index is 11.3. The summed E-state index contributed by atoms with van der Waals surface area (Å²) in [4.78, 5) is 11.0. The molecule has 0 heterocycles. The van der Waals surface area contributed by atoms with E-state index in [4.69, 9.17) is 11.0 Å². The van der Waals surface area contributed by atoms with Crippen LogP contribution in [0.1, 0.15) is 42.5 Å². The molecule has 0 radical (unpaired) electrons. The first kappa shape index (κ1) is 17.4. The minimum Gasteiger partial charge on any atom is -0.465 e. The lowest BCUT2D eigenvalue weighted by atomic mass is 10.2. The molecule has 0 bridgehead atoms. The van der Waals surface area contributed by atoms with Crippen LogP contribution in [0.3, 0.4) is 0 Å². The molecule has 1 fully saturated rings. The van der Waals surface area contributed by atoms with Crippen molar-refractivity contribution >= 4 is 21.7 Å². The fourth-order valence-electron chi connectivity index (χ4n) is 2.11. The average Bonchev–Trinajstić information content (AvgIpc) is 3.04. The van der Waals surface area contributed by atoms with E-state index >= 15 is 0 Å². The van der Waals surface area contributed by atoms with Crippen molar-refractivity contribution in [3.05, 3.63) is 23.8 Å². The molecule has 5 N–H and O–H groups in total. The number of methoxy groups -OCH3 is 1. The molecule has 1 aromatic carbocycles. The van der Waals surface area contributed by atoms with E-state index in [1.807, 2.05) is 0 Å². The second-order valence-corrected chi connectivity index (χ2v) is 6.13. The van der Waals surface area contributed by atoms with Gasteiger partial charge in [-0.15, -0.1) is 0 Å². The van der Waals surface area contributed by atoms with Crippen LogP contribution < -0.4 is 16.4 Å². The predicted octanol–water partition coefficient (Wildman–Crippen LogP) is 1.36. The van der Waals surface area contributed by atoms with Crippen LogP contribution in [0, 0.1) is 0 Å². The van der Waals surface area contributed by atoms with E-state index in [1.54, 1.807) is 0 Å². The fourth-order valence-corrected chi connectivity index (χ4v) is 3.00. The number of nitrogen functional groups attached to an aromatic ring is 1. The lowest BCUT2D eigenvalue weighted by Crippen LogP contribution is -2.21. The van der Waals surface area contributed by atoms with Gasteiger partial charge < -0.3 is 10.2 Å². The summed E-state index contributed by atoms with van der Waals surface area (Å²) in [5.41, 5.74) is 2.02. The van der Waals surface area contributed by atoms with Gasteiger partial charge in [-0.05, 0) is 12.1 Å². The topological polar surface area (TPSA) is 125 Å². The Kier molecular flexibility index (Phi) is 6.60. The molecular weight excluding hydrogens is 294 g/mol. The lowest BCUT2D eigenvalue weighted by molar-refractivity contribution is 0.0596. The number of nitrogens with one attached hydrogen (secondary N) is 1. The van der Waals surface area contributed by atoms with E-state index in [2.05, 4.69) is 10.2 Å². The first-order valence-electron chi connectivity index (χ1n) is 6.62. The van der Waals surface area contributed by atoms with E-state index in [0.29, 0.717) is 0 Å². The first-order chi connectivity index (χ1) is 9.91. The van der Waals surface area contributed by atoms with Crippen LogP contribution in [0.25, 0.3) is 0 Å². The maximum atomic E-state index is 11.3. The number of primary sulfonamides is 1. The molecule has 0 aromatic heterocycles. The highest BCUT2D eigenvalue weighted by molar-refractivity contribution is 7.89. The highest BCUT2D eigenvalue weighted by Gasteiger charge is 2.23. The molecule has 0 amide bonds. The molecule has 21 heavy (non-hydrogen) atoms. The Labute approximate surface area is 124 Å². The second kappa shape index (κ2) is 7.96. The van der Waals surface area contributed by atoms with Crippen molar-refractivity contribution in [2.45, 2.75) is 37.0 Å². The quantitative estimate of drug-likeness (QED) is 0.439. The Hall–Kier alpha value is -1.64. The van der Waals surface area contributed by atoms with Gasteiger partial charge in [-0.2, -0.15) is 0 Å². The molecular formula is C13H21N3O4S. The highest BCUT2D eigenvalue weighted by Crippen LogP contribution is 2.24. The summed E-state index contributed by atoms with van der Waals surface area (Å²) in [6.07, 6.45) is 7.50. The Morgan fingerprint density at radius 2 is 1.71 bits per heavy atom. The van der Waals surface area contributed by atoms with Crippen molar-refractivity contribution < 1.29 is 17.9 Å². The van der Waals surface area contributed by atoms with Gasteiger partial charge in [0, 0.05) is 0 Å². The van der Waals surface area contributed by atoms with E-state index < -0.39 is 16.0 Å². The monoisotopic (exact) mass is 315 g/mol. The number of hydrazine groups is 1. The fraction of sp³-hybridized carbons (Fsp3) is 0.462. The average molecular weight is 315 g/mol. The van der Waals surface area contributed by atoms with E-state index in [0.717, 1.165) is 7.11 Å². The van der Waals surface area contributed by atoms with Gasteiger partial charge in [0.05, 0.1) is 18.4 Å². The third-order valence-electron chi connectivity index (χ3n) is 3.11. The number of ether oxygens (including phenoxy) is 1. The maximum Gasteiger partial charge on any atom is 0.339 e. The zero-order chi connectivity index (χ0) is 15.9. The molecule has 7 nitrogen and oxygen atoms in total. The Bertz CT molecular complexity index is 575. The normalized spacial score (nSPS) is 14.0. The van der Waals surface area contributed by atoms with Crippen LogP contribution in [0.15, 0.2) is 23.1 Å². The van der Waals surface area contributed by atoms with Crippen LogP contribution in [0.4, 0.5) is 5.69 Å². The largest absolute Gasteiger partial charge is 0.465 e. The van der Waals surface area contributed by atoms with Gasteiger partial charge in [0.1, 0.15) is 4.90 Å². The summed E-state index contributed by atoms with van der Waals surface area (Å²) in [5.74, 6) is 4.33. The van der Waals surface area contributed by atoms with Gasteiger partial charge in [0.25, 0.3) is 0 Å². The van der Waals surface area contributed by atoms with E-state index in [9.17, 15) is 13.2 Å². The predicted molar refractivity (Wildman–Crippen MR) is 80.0 cm³/mol. The highest BCUT2D eigenvalue weighted by atomic mass is 32.2. The van der Waals surface area contributed by atoms with Crippen molar-refractivity contribution in [1.82, 2.24) is 0 Å². The second-order valence-electron chi connectivity index (χ2n) is 4.63. The number of carbonyl (C=O) groups excluding carboxylic acids is 1. The molecule has 0 aliphatic heterocycles. The van der Waals surface area contributed by atoms with Crippen LogP contribution >= 0.6 is 0 Å². The molecule has 0 spiro atoms. The van der Waals surface area contributed by atoms with Gasteiger partial charge in [-0.1, -0.05) is 38.2 Å². The van der Waals surface area contributed by atoms with Gasteiger partial charge in [0.15, 0.2) is 0 Å². The van der Waals surface area contributed by atoms with Crippen molar-refractivity contribution in [3.63, 3.8) is 0 Å². The number of nitrogens with two attached hydrogens (primary N) is 2. The van der Waals surface area contributed by atoms with Crippen molar-refractivity contribution in [2.24, 2.45) is 11.0 Å². The SMILES string of the molecule is C1CCCC1.COC(=O)c1cccc(NN)c1S(N)(=O)=O. The summed E-state index contributed by atoms with van der Waals surface area (Å²) in [7, 11) is -2.94. The van der Waals surface area contributed by atoms with Gasteiger partial charge >= 0.3 is 5.97 Å². The standard InChI is InChI=1S/C8H11N3O4S.C5H10/c1-15-8(12)5-3-2-4-6(11-9)7(5)16(10,13)14;1-2-4-5-3-1/h2-4,11H,9H2,1H3,(H2,10,13,14);1-5H2. The summed E-state index contributed by atoms with van der Waals surface area (Å²) < 4.78 is 27.1. The van der Waals surface area contributed by atoms with Crippen LogP contribution in [-0.4, -0.2) is 21.5 Å². The summed E-state index contributed by atoms with van der Waals surface area (Å²) in [6, 6.07) is 4.12. The molecule has 0 atom stereocenters. The van der Waals surface area contributed by atoms with Gasteiger partial charge in [-0.25, -0.2) is 18.4 Å². The summed E-state index contributed by atoms with van der Waals surface area (Å²) in [5, 5.41) is 5.00. The van der Waals surface area contributed by atoms with Gasteiger partial charge in [-0.3, -0.25) is 5.84 Å². The number of anilines is 1. The van der Waals surface area contributed by atoms with E-state index in [1.165, 1.54) is 50.3 Å². The molecule has 0 saturated heterocycles. The van der Waals surface area contributed by atoms with Crippen molar-refractivity contribution in [3.8, 4) is 0 Å². The number of benzene rings is 1. The molecule has 1 aliphatic carbocycles. The Balaban J connectivity index is 0.000000369. The molecule has 0 unspecified atom stereocenters.